The lowest BCUT2D eigenvalue weighted by molar-refractivity contribution is 0.256. The van der Waals surface area contributed by atoms with Gasteiger partial charge in [-0.25, -0.2) is 0 Å². The van der Waals surface area contributed by atoms with Gasteiger partial charge in [-0.1, -0.05) is 29.8 Å². The highest BCUT2D eigenvalue weighted by Crippen LogP contribution is 2.33. The third kappa shape index (κ3) is 3.21. The summed E-state index contributed by atoms with van der Waals surface area (Å²) in [7, 11) is 2.21. The molecule has 1 aliphatic heterocycles. The Balaban J connectivity index is 0.000000637. The molecule has 1 aromatic carbocycles. The molecular formula is C16H23BrN2. The zero-order valence-electron chi connectivity index (χ0n) is 12.0. The SMILES string of the molecule is CC.CN1CCC(c2c[nH]c3ccc(Br)cc23)CC1. The van der Waals surface area contributed by atoms with E-state index >= 15 is 0 Å². The highest BCUT2D eigenvalue weighted by molar-refractivity contribution is 9.10. The summed E-state index contributed by atoms with van der Waals surface area (Å²) < 4.78 is 1.17. The molecule has 0 unspecified atom stereocenters. The number of hydrogen-bond donors (Lipinski definition) is 1. The van der Waals surface area contributed by atoms with Gasteiger partial charge in [0.2, 0.25) is 0 Å². The van der Waals surface area contributed by atoms with Gasteiger partial charge in [-0.2, -0.15) is 0 Å². The van der Waals surface area contributed by atoms with Crippen molar-refractivity contribution in [2.24, 2.45) is 0 Å². The highest BCUT2D eigenvalue weighted by atomic mass is 79.9. The molecule has 3 rings (SSSR count). The van der Waals surface area contributed by atoms with E-state index in [0.29, 0.717) is 5.92 Å². The van der Waals surface area contributed by atoms with Crippen LogP contribution in [0.15, 0.2) is 28.9 Å². The molecule has 0 amide bonds. The number of H-pyrrole nitrogens is 1. The van der Waals surface area contributed by atoms with Crippen LogP contribution in [0.5, 0.6) is 0 Å². The van der Waals surface area contributed by atoms with E-state index in [2.05, 4.69) is 57.3 Å². The number of nitrogens with zero attached hydrogens (tertiary/aromatic N) is 1. The molecule has 0 spiro atoms. The van der Waals surface area contributed by atoms with E-state index in [1.165, 1.54) is 46.9 Å². The van der Waals surface area contributed by atoms with Crippen molar-refractivity contribution >= 4 is 26.8 Å². The van der Waals surface area contributed by atoms with E-state index in [4.69, 9.17) is 0 Å². The zero-order chi connectivity index (χ0) is 13.8. The second-order valence-electron chi connectivity index (χ2n) is 5.01. The maximum Gasteiger partial charge on any atom is 0.0457 e. The first kappa shape index (κ1) is 14.6. The Morgan fingerprint density at radius 1 is 1.21 bits per heavy atom. The van der Waals surface area contributed by atoms with Crippen LogP contribution in [0.2, 0.25) is 0 Å². The number of hydrogen-bond acceptors (Lipinski definition) is 1. The Labute approximate surface area is 124 Å². The van der Waals surface area contributed by atoms with Crippen LogP contribution in [0, 0.1) is 0 Å². The van der Waals surface area contributed by atoms with Gasteiger partial charge < -0.3 is 9.88 Å². The molecular weight excluding hydrogens is 300 g/mol. The van der Waals surface area contributed by atoms with Crippen molar-refractivity contribution in [3.8, 4) is 0 Å². The molecule has 1 aromatic heterocycles. The van der Waals surface area contributed by atoms with Crippen LogP contribution in [0.25, 0.3) is 10.9 Å². The molecule has 1 fully saturated rings. The molecule has 0 aliphatic carbocycles. The Morgan fingerprint density at radius 2 is 1.89 bits per heavy atom. The molecule has 19 heavy (non-hydrogen) atoms. The van der Waals surface area contributed by atoms with E-state index in [0.717, 1.165) is 0 Å². The summed E-state index contributed by atoms with van der Waals surface area (Å²) in [4.78, 5) is 5.81. The lowest BCUT2D eigenvalue weighted by Gasteiger charge is -2.28. The summed E-state index contributed by atoms with van der Waals surface area (Å²) in [6.07, 6.45) is 4.75. The summed E-state index contributed by atoms with van der Waals surface area (Å²) in [5.74, 6) is 0.717. The summed E-state index contributed by atoms with van der Waals surface area (Å²) >= 11 is 3.56. The monoisotopic (exact) mass is 322 g/mol. The smallest absolute Gasteiger partial charge is 0.0457 e. The van der Waals surface area contributed by atoms with Crippen LogP contribution in [0.3, 0.4) is 0 Å². The van der Waals surface area contributed by atoms with Crippen LogP contribution in [-0.4, -0.2) is 30.0 Å². The molecule has 104 valence electrons. The second kappa shape index (κ2) is 6.58. The third-order valence-corrected chi connectivity index (χ3v) is 4.33. The number of piperidine rings is 1. The van der Waals surface area contributed by atoms with Crippen molar-refractivity contribution in [2.45, 2.75) is 32.6 Å². The van der Waals surface area contributed by atoms with Crippen LogP contribution in [-0.2, 0) is 0 Å². The Kier molecular flexibility index (Phi) is 5.06. The fourth-order valence-electron chi connectivity index (χ4n) is 2.77. The fourth-order valence-corrected chi connectivity index (χ4v) is 3.13. The number of rotatable bonds is 1. The van der Waals surface area contributed by atoms with Gasteiger partial charge in [-0.05, 0) is 62.7 Å². The first-order valence-corrected chi connectivity index (χ1v) is 7.98. The van der Waals surface area contributed by atoms with Crippen molar-refractivity contribution in [2.75, 3.05) is 20.1 Å². The number of aromatic nitrogens is 1. The van der Waals surface area contributed by atoms with Crippen LogP contribution in [0.1, 0.15) is 38.2 Å². The zero-order valence-corrected chi connectivity index (χ0v) is 13.6. The first-order valence-electron chi connectivity index (χ1n) is 7.19. The minimum atomic E-state index is 0.717. The van der Waals surface area contributed by atoms with Gasteiger partial charge in [0.1, 0.15) is 0 Å². The van der Waals surface area contributed by atoms with Crippen molar-refractivity contribution in [3.05, 3.63) is 34.4 Å². The summed E-state index contributed by atoms with van der Waals surface area (Å²) in [6.45, 7) is 6.43. The largest absolute Gasteiger partial charge is 0.361 e. The number of fused-ring (bicyclic) bond motifs is 1. The predicted molar refractivity (Wildman–Crippen MR) is 86.8 cm³/mol. The first-order chi connectivity index (χ1) is 9.24. The van der Waals surface area contributed by atoms with Gasteiger partial charge in [0.25, 0.3) is 0 Å². The van der Waals surface area contributed by atoms with E-state index < -0.39 is 0 Å². The van der Waals surface area contributed by atoms with Gasteiger partial charge in [0.15, 0.2) is 0 Å². The third-order valence-electron chi connectivity index (χ3n) is 3.83. The summed E-state index contributed by atoms with van der Waals surface area (Å²) in [6, 6.07) is 6.48. The lowest BCUT2D eigenvalue weighted by Crippen LogP contribution is -2.29. The van der Waals surface area contributed by atoms with Gasteiger partial charge in [-0.15, -0.1) is 0 Å². The molecule has 1 aliphatic rings. The average molecular weight is 323 g/mol. The Bertz CT molecular complexity index is 525. The predicted octanol–water partition coefficient (Wildman–Crippen LogP) is 4.77. The maximum absolute atomic E-state index is 3.56. The molecule has 3 heteroatoms. The number of halogens is 1. The molecule has 2 nitrogen and oxygen atoms in total. The number of aromatic amines is 1. The van der Waals surface area contributed by atoms with Crippen LogP contribution < -0.4 is 0 Å². The fraction of sp³-hybridized carbons (Fsp3) is 0.500. The van der Waals surface area contributed by atoms with Gasteiger partial charge in [-0.3, -0.25) is 0 Å². The molecule has 0 radical (unpaired) electrons. The van der Waals surface area contributed by atoms with Crippen LogP contribution in [0.4, 0.5) is 0 Å². The van der Waals surface area contributed by atoms with Gasteiger partial charge >= 0.3 is 0 Å². The average Bonchev–Trinajstić information content (AvgIpc) is 2.85. The molecule has 0 saturated carbocycles. The van der Waals surface area contributed by atoms with Crippen molar-refractivity contribution in [3.63, 3.8) is 0 Å². The molecule has 1 N–H and O–H groups in total. The minimum absolute atomic E-state index is 0.717. The molecule has 0 bridgehead atoms. The molecule has 1 saturated heterocycles. The van der Waals surface area contributed by atoms with E-state index in [1.54, 1.807) is 0 Å². The Morgan fingerprint density at radius 3 is 2.58 bits per heavy atom. The molecule has 0 atom stereocenters. The van der Waals surface area contributed by atoms with Crippen LogP contribution >= 0.6 is 15.9 Å². The number of nitrogens with one attached hydrogen (secondary N) is 1. The molecule has 2 aromatic rings. The normalized spacial score (nSPS) is 17.3. The summed E-state index contributed by atoms with van der Waals surface area (Å²) in [5, 5.41) is 1.38. The highest BCUT2D eigenvalue weighted by Gasteiger charge is 2.20. The quantitative estimate of drug-likeness (QED) is 0.801. The van der Waals surface area contributed by atoms with Crippen molar-refractivity contribution in [1.29, 1.82) is 0 Å². The van der Waals surface area contributed by atoms with Crippen molar-refractivity contribution < 1.29 is 0 Å². The van der Waals surface area contributed by atoms with E-state index in [1.807, 2.05) is 13.8 Å². The van der Waals surface area contributed by atoms with Gasteiger partial charge in [0, 0.05) is 21.6 Å². The molecule has 2 heterocycles. The number of benzene rings is 1. The minimum Gasteiger partial charge on any atom is -0.361 e. The van der Waals surface area contributed by atoms with E-state index in [9.17, 15) is 0 Å². The topological polar surface area (TPSA) is 19.0 Å². The number of likely N-dealkylation sites (tertiary alicyclic amines) is 1. The Hall–Kier alpha value is -0.800. The summed E-state index contributed by atoms with van der Waals surface area (Å²) in [5.41, 5.74) is 2.75. The van der Waals surface area contributed by atoms with E-state index in [-0.39, 0.29) is 0 Å². The van der Waals surface area contributed by atoms with Crippen molar-refractivity contribution in [1.82, 2.24) is 9.88 Å². The van der Waals surface area contributed by atoms with Gasteiger partial charge in [0.05, 0.1) is 0 Å². The maximum atomic E-state index is 3.56. The standard InChI is InChI=1S/C14H17BrN2.C2H6/c1-17-6-4-10(5-7-17)13-9-16-14-3-2-11(15)8-12(13)14;1-2/h2-3,8-10,16H,4-7H2,1H3;1-2H3. The lowest BCUT2D eigenvalue weighted by atomic mass is 9.89. The second-order valence-corrected chi connectivity index (χ2v) is 5.93.